The molecule has 2 nitrogen and oxygen atoms in total. The minimum atomic E-state index is 0.469. The minimum Gasteiger partial charge on any atom is -0.479 e. The van der Waals surface area contributed by atoms with Gasteiger partial charge in [-0.25, -0.2) is 0 Å². The zero-order valence-corrected chi connectivity index (χ0v) is 6.95. The molecule has 0 N–H and O–H groups in total. The maximum absolute atomic E-state index is 5.23. The first-order valence-electron chi connectivity index (χ1n) is 2.65. The van der Waals surface area contributed by atoms with E-state index in [1.807, 2.05) is 17.5 Å². The second-order valence-corrected chi connectivity index (χ2v) is 2.69. The van der Waals surface area contributed by atoms with E-state index >= 15 is 0 Å². The van der Waals surface area contributed by atoms with Crippen molar-refractivity contribution >= 4 is 29.0 Å². The standard InChI is InChI=1S/C6H6ClNOS/c1-9-6(8-7)5-3-2-4-10-5/h2-4H,1H3/b8-6-. The van der Waals surface area contributed by atoms with Gasteiger partial charge in [0, 0.05) is 11.8 Å². The van der Waals surface area contributed by atoms with Crippen molar-refractivity contribution in [3.8, 4) is 0 Å². The van der Waals surface area contributed by atoms with E-state index in [-0.39, 0.29) is 0 Å². The van der Waals surface area contributed by atoms with Crippen LogP contribution in [-0.4, -0.2) is 13.0 Å². The molecule has 0 aliphatic rings. The smallest absolute Gasteiger partial charge is 0.243 e. The SMILES string of the molecule is CO/C(=N\Cl)c1cccs1. The molecule has 0 unspecified atom stereocenters. The van der Waals surface area contributed by atoms with Crippen LogP contribution in [0.4, 0.5) is 0 Å². The maximum Gasteiger partial charge on any atom is 0.243 e. The third-order valence-corrected chi connectivity index (χ3v) is 2.01. The molecule has 10 heavy (non-hydrogen) atoms. The summed E-state index contributed by atoms with van der Waals surface area (Å²) in [5.74, 6) is 0.469. The van der Waals surface area contributed by atoms with Gasteiger partial charge in [0.15, 0.2) is 0 Å². The van der Waals surface area contributed by atoms with Gasteiger partial charge in [-0.2, -0.15) is 0 Å². The van der Waals surface area contributed by atoms with Crippen molar-refractivity contribution in [2.75, 3.05) is 7.11 Å². The molecule has 4 heteroatoms. The first kappa shape index (κ1) is 7.57. The average molecular weight is 176 g/mol. The van der Waals surface area contributed by atoms with Crippen LogP contribution in [0.25, 0.3) is 0 Å². The molecule has 0 radical (unpaired) electrons. The Kier molecular flexibility index (Phi) is 2.71. The zero-order valence-electron chi connectivity index (χ0n) is 5.37. The van der Waals surface area contributed by atoms with Crippen molar-refractivity contribution in [3.63, 3.8) is 0 Å². The van der Waals surface area contributed by atoms with Crippen molar-refractivity contribution in [1.29, 1.82) is 0 Å². The Morgan fingerprint density at radius 2 is 2.60 bits per heavy atom. The van der Waals surface area contributed by atoms with Crippen LogP contribution in [0.3, 0.4) is 0 Å². The number of thiophene rings is 1. The minimum absolute atomic E-state index is 0.469. The number of halogens is 1. The summed E-state index contributed by atoms with van der Waals surface area (Å²) in [6, 6.07) is 3.82. The van der Waals surface area contributed by atoms with Crippen LogP contribution >= 0.6 is 23.1 Å². The highest BCUT2D eigenvalue weighted by molar-refractivity contribution is 7.12. The molecule has 0 aromatic carbocycles. The van der Waals surface area contributed by atoms with E-state index < -0.39 is 0 Å². The highest BCUT2D eigenvalue weighted by Crippen LogP contribution is 2.10. The van der Waals surface area contributed by atoms with E-state index in [4.69, 9.17) is 16.5 Å². The molecule has 0 saturated carbocycles. The van der Waals surface area contributed by atoms with Gasteiger partial charge in [0.25, 0.3) is 0 Å². The molecule has 0 aliphatic heterocycles. The van der Waals surface area contributed by atoms with Crippen LogP contribution < -0.4 is 0 Å². The summed E-state index contributed by atoms with van der Waals surface area (Å²) in [6.07, 6.45) is 0. The number of rotatable bonds is 1. The van der Waals surface area contributed by atoms with E-state index in [0.29, 0.717) is 5.90 Å². The summed E-state index contributed by atoms with van der Waals surface area (Å²) in [6.45, 7) is 0. The molecule has 0 saturated heterocycles. The fraction of sp³-hybridized carbons (Fsp3) is 0.167. The van der Waals surface area contributed by atoms with Crippen LogP contribution in [0.5, 0.6) is 0 Å². The molecule has 0 bridgehead atoms. The molecular formula is C6H6ClNOS. The molecule has 1 heterocycles. The highest BCUT2D eigenvalue weighted by Gasteiger charge is 2.01. The summed E-state index contributed by atoms with van der Waals surface area (Å²) < 4.78 is 8.30. The predicted octanol–water partition coefficient (Wildman–Crippen LogP) is 2.29. The summed E-state index contributed by atoms with van der Waals surface area (Å²) in [7, 11) is 1.54. The fourth-order valence-corrected chi connectivity index (χ4v) is 1.48. The van der Waals surface area contributed by atoms with Crippen LogP contribution in [0.1, 0.15) is 4.88 Å². The van der Waals surface area contributed by atoms with E-state index in [1.165, 1.54) is 11.3 Å². The number of hydrogen-bond donors (Lipinski definition) is 0. The van der Waals surface area contributed by atoms with Crippen molar-refractivity contribution in [2.45, 2.75) is 0 Å². The molecule has 54 valence electrons. The summed E-state index contributed by atoms with van der Waals surface area (Å²) in [4.78, 5) is 0.942. The quantitative estimate of drug-likeness (QED) is 0.474. The van der Waals surface area contributed by atoms with Gasteiger partial charge in [0.05, 0.1) is 12.0 Å². The van der Waals surface area contributed by atoms with Gasteiger partial charge in [-0.15, -0.1) is 15.8 Å². The number of methoxy groups -OCH3 is 1. The van der Waals surface area contributed by atoms with Gasteiger partial charge in [-0.1, -0.05) is 6.07 Å². The Labute approximate surface area is 68.2 Å². The Hall–Kier alpha value is -0.540. The molecule has 1 aromatic heterocycles. The van der Waals surface area contributed by atoms with Gasteiger partial charge in [0.1, 0.15) is 0 Å². The fourth-order valence-electron chi connectivity index (χ4n) is 0.577. The largest absolute Gasteiger partial charge is 0.479 e. The van der Waals surface area contributed by atoms with Crippen molar-refractivity contribution in [3.05, 3.63) is 22.4 Å². The number of hydrogen-bond acceptors (Lipinski definition) is 3. The lowest BCUT2D eigenvalue weighted by Gasteiger charge is -1.96. The maximum atomic E-state index is 5.23. The van der Waals surface area contributed by atoms with E-state index in [2.05, 4.69) is 4.51 Å². The van der Waals surface area contributed by atoms with Gasteiger partial charge >= 0.3 is 0 Å². The second kappa shape index (κ2) is 3.58. The first-order chi connectivity index (χ1) is 4.88. The van der Waals surface area contributed by atoms with Gasteiger partial charge in [0.2, 0.25) is 5.90 Å². The van der Waals surface area contributed by atoms with Crippen LogP contribution in [0, 0.1) is 0 Å². The first-order valence-corrected chi connectivity index (χ1v) is 3.87. The van der Waals surface area contributed by atoms with Crippen molar-refractivity contribution < 1.29 is 4.74 Å². The van der Waals surface area contributed by atoms with Crippen molar-refractivity contribution in [2.24, 2.45) is 4.51 Å². The topological polar surface area (TPSA) is 21.6 Å². The zero-order chi connectivity index (χ0) is 7.40. The Morgan fingerprint density at radius 1 is 1.80 bits per heavy atom. The lowest BCUT2D eigenvalue weighted by atomic mass is 10.5. The average Bonchev–Trinajstić information content (AvgIpc) is 2.43. The van der Waals surface area contributed by atoms with Gasteiger partial charge < -0.3 is 4.74 Å². The van der Waals surface area contributed by atoms with Crippen LogP contribution in [-0.2, 0) is 4.74 Å². The lowest BCUT2D eigenvalue weighted by molar-refractivity contribution is 0.407. The predicted molar refractivity (Wildman–Crippen MR) is 43.7 cm³/mol. The van der Waals surface area contributed by atoms with Crippen LogP contribution in [0.15, 0.2) is 22.0 Å². The monoisotopic (exact) mass is 175 g/mol. The molecular weight excluding hydrogens is 170 g/mol. The number of nitrogens with zero attached hydrogens (tertiary/aromatic N) is 1. The molecule has 0 fully saturated rings. The molecule has 0 aliphatic carbocycles. The van der Waals surface area contributed by atoms with Gasteiger partial charge in [-0.05, 0) is 11.4 Å². The van der Waals surface area contributed by atoms with Crippen LogP contribution in [0.2, 0.25) is 0 Å². The number of ether oxygens (including phenoxy) is 1. The summed E-state index contributed by atoms with van der Waals surface area (Å²) >= 11 is 6.77. The Morgan fingerprint density at radius 3 is 3.00 bits per heavy atom. The molecule has 1 rings (SSSR count). The highest BCUT2D eigenvalue weighted by atomic mass is 35.5. The second-order valence-electron chi connectivity index (χ2n) is 1.57. The van der Waals surface area contributed by atoms with E-state index in [1.54, 1.807) is 7.11 Å². The van der Waals surface area contributed by atoms with Gasteiger partial charge in [-0.3, -0.25) is 0 Å². The molecule has 0 amide bonds. The summed E-state index contributed by atoms with van der Waals surface area (Å²) in [5.41, 5.74) is 0. The Bertz CT molecular complexity index is 220. The van der Waals surface area contributed by atoms with Crippen molar-refractivity contribution in [1.82, 2.24) is 0 Å². The third-order valence-electron chi connectivity index (χ3n) is 1.00. The van der Waals surface area contributed by atoms with E-state index in [9.17, 15) is 0 Å². The van der Waals surface area contributed by atoms with E-state index in [0.717, 1.165) is 4.88 Å². The summed E-state index contributed by atoms with van der Waals surface area (Å²) in [5, 5.41) is 1.94. The molecule has 0 atom stereocenters. The third kappa shape index (κ3) is 1.49. The lowest BCUT2D eigenvalue weighted by Crippen LogP contribution is -1.98. The molecule has 1 aromatic rings. The normalized spacial score (nSPS) is 11.6. The Balaban J connectivity index is 2.85. The molecule has 0 spiro atoms.